The summed E-state index contributed by atoms with van der Waals surface area (Å²) in [4.78, 5) is 14.3. The van der Waals surface area contributed by atoms with Crippen LogP contribution in [0.4, 0.5) is 0 Å². The highest BCUT2D eigenvalue weighted by Crippen LogP contribution is 2.16. The summed E-state index contributed by atoms with van der Waals surface area (Å²) in [7, 11) is 0. The van der Waals surface area contributed by atoms with Gasteiger partial charge in [0.05, 0.1) is 19.3 Å². The van der Waals surface area contributed by atoms with E-state index in [0.29, 0.717) is 26.4 Å². The average molecular weight is 277 g/mol. The maximum absolute atomic E-state index is 12.4. The van der Waals surface area contributed by atoms with Crippen LogP contribution in [0.3, 0.4) is 0 Å². The molecule has 110 valence electrons. The first-order valence-electron chi connectivity index (χ1n) is 7.35. The molecule has 1 atom stereocenters. The summed E-state index contributed by atoms with van der Waals surface area (Å²) in [5, 5.41) is 0. The molecule has 0 N–H and O–H groups in total. The van der Waals surface area contributed by atoms with E-state index >= 15 is 0 Å². The van der Waals surface area contributed by atoms with Crippen molar-refractivity contribution in [3.63, 3.8) is 0 Å². The van der Waals surface area contributed by atoms with Gasteiger partial charge in [0.1, 0.15) is 0 Å². The van der Waals surface area contributed by atoms with Gasteiger partial charge >= 0.3 is 0 Å². The lowest BCUT2D eigenvalue weighted by molar-refractivity contribution is -0.0226. The highest BCUT2D eigenvalue weighted by atomic mass is 16.5. The maximum atomic E-state index is 12.4. The van der Waals surface area contributed by atoms with Crippen LogP contribution in [0, 0.1) is 0 Å². The number of nitrogens with zero attached hydrogens (tertiary/aromatic N) is 1. The molecule has 20 heavy (non-hydrogen) atoms. The minimum atomic E-state index is 0.101. The number of likely N-dealkylation sites (tertiary alicyclic amines) is 1. The third-order valence-electron chi connectivity index (χ3n) is 3.47. The zero-order chi connectivity index (χ0) is 14.2. The van der Waals surface area contributed by atoms with Gasteiger partial charge in [-0.25, -0.2) is 0 Å². The molecule has 1 fully saturated rings. The van der Waals surface area contributed by atoms with Crippen LogP contribution in [-0.4, -0.2) is 49.8 Å². The predicted octanol–water partition coefficient (Wildman–Crippen LogP) is 2.34. The van der Waals surface area contributed by atoms with Crippen LogP contribution in [0.15, 0.2) is 30.3 Å². The van der Waals surface area contributed by atoms with E-state index in [-0.39, 0.29) is 12.0 Å². The molecular weight excluding hydrogens is 254 g/mol. The normalized spacial score (nSPS) is 19.1. The molecule has 1 aliphatic heterocycles. The van der Waals surface area contributed by atoms with Crippen molar-refractivity contribution < 1.29 is 14.3 Å². The molecule has 0 bridgehead atoms. The van der Waals surface area contributed by atoms with Crippen LogP contribution in [-0.2, 0) is 9.47 Å². The maximum Gasteiger partial charge on any atom is 0.253 e. The van der Waals surface area contributed by atoms with Gasteiger partial charge in [-0.2, -0.15) is 0 Å². The molecule has 1 aromatic carbocycles. The average Bonchev–Trinajstić information content (AvgIpc) is 2.52. The molecule has 0 spiro atoms. The number of amides is 1. The molecule has 0 aromatic heterocycles. The Kier molecular flexibility index (Phi) is 6.02. The van der Waals surface area contributed by atoms with Crippen LogP contribution in [0.2, 0.25) is 0 Å². The van der Waals surface area contributed by atoms with E-state index < -0.39 is 0 Å². The van der Waals surface area contributed by atoms with E-state index in [4.69, 9.17) is 9.47 Å². The monoisotopic (exact) mass is 277 g/mol. The molecule has 4 nitrogen and oxygen atoms in total. The number of ether oxygens (including phenoxy) is 2. The highest BCUT2D eigenvalue weighted by Gasteiger charge is 2.24. The standard InChI is InChI=1S/C16H23NO3/c1-2-19-11-12-20-15-9-6-10-17(13-15)16(18)14-7-4-3-5-8-14/h3-5,7-8,15H,2,6,9-13H2,1H3/t15-/m1/s1. The molecule has 1 saturated heterocycles. The van der Waals surface area contributed by atoms with Gasteiger partial charge in [-0.3, -0.25) is 4.79 Å². The second-order valence-electron chi connectivity index (χ2n) is 4.95. The van der Waals surface area contributed by atoms with Crippen LogP contribution in [0.1, 0.15) is 30.1 Å². The lowest BCUT2D eigenvalue weighted by atomic mass is 10.1. The zero-order valence-corrected chi connectivity index (χ0v) is 12.1. The van der Waals surface area contributed by atoms with Gasteiger partial charge in [0.15, 0.2) is 0 Å². The van der Waals surface area contributed by atoms with Crippen molar-refractivity contribution in [2.24, 2.45) is 0 Å². The smallest absolute Gasteiger partial charge is 0.253 e. The molecule has 2 rings (SSSR count). The van der Waals surface area contributed by atoms with Crippen molar-refractivity contribution in [3.8, 4) is 0 Å². The number of hydrogen-bond donors (Lipinski definition) is 0. The van der Waals surface area contributed by atoms with E-state index in [0.717, 1.165) is 24.9 Å². The minimum absolute atomic E-state index is 0.101. The lowest BCUT2D eigenvalue weighted by Crippen LogP contribution is -2.43. The van der Waals surface area contributed by atoms with Gasteiger partial charge in [0, 0.05) is 25.3 Å². The number of carbonyl (C=O) groups is 1. The van der Waals surface area contributed by atoms with Crippen molar-refractivity contribution in [1.82, 2.24) is 4.90 Å². The van der Waals surface area contributed by atoms with Gasteiger partial charge in [0.25, 0.3) is 5.91 Å². The number of piperidine rings is 1. The first-order valence-corrected chi connectivity index (χ1v) is 7.35. The Morgan fingerprint density at radius 1 is 1.30 bits per heavy atom. The fraction of sp³-hybridized carbons (Fsp3) is 0.562. The van der Waals surface area contributed by atoms with Gasteiger partial charge in [-0.05, 0) is 31.9 Å². The predicted molar refractivity (Wildman–Crippen MR) is 77.8 cm³/mol. The summed E-state index contributed by atoms with van der Waals surface area (Å²) in [6.07, 6.45) is 2.15. The second kappa shape index (κ2) is 8.02. The van der Waals surface area contributed by atoms with Crippen molar-refractivity contribution >= 4 is 5.91 Å². The Hall–Kier alpha value is -1.39. The van der Waals surface area contributed by atoms with E-state index in [1.54, 1.807) is 0 Å². The fourth-order valence-corrected chi connectivity index (χ4v) is 2.44. The molecule has 4 heteroatoms. The van der Waals surface area contributed by atoms with Gasteiger partial charge in [0.2, 0.25) is 0 Å². The largest absolute Gasteiger partial charge is 0.379 e. The van der Waals surface area contributed by atoms with Crippen molar-refractivity contribution in [3.05, 3.63) is 35.9 Å². The third kappa shape index (κ3) is 4.32. The summed E-state index contributed by atoms with van der Waals surface area (Å²) in [5.74, 6) is 0.101. The molecule has 1 amide bonds. The lowest BCUT2D eigenvalue weighted by Gasteiger charge is -2.32. The number of carbonyl (C=O) groups excluding carboxylic acids is 1. The van der Waals surface area contributed by atoms with Crippen LogP contribution in [0.5, 0.6) is 0 Å². The summed E-state index contributed by atoms with van der Waals surface area (Å²) < 4.78 is 11.0. The van der Waals surface area contributed by atoms with Crippen molar-refractivity contribution in [1.29, 1.82) is 0 Å². The molecule has 1 aliphatic rings. The fourth-order valence-electron chi connectivity index (χ4n) is 2.44. The number of benzene rings is 1. The van der Waals surface area contributed by atoms with Crippen LogP contribution < -0.4 is 0 Å². The Morgan fingerprint density at radius 3 is 2.85 bits per heavy atom. The van der Waals surface area contributed by atoms with Crippen LogP contribution >= 0.6 is 0 Å². The third-order valence-corrected chi connectivity index (χ3v) is 3.47. The van der Waals surface area contributed by atoms with Gasteiger partial charge < -0.3 is 14.4 Å². The SMILES string of the molecule is CCOCCO[C@@H]1CCCN(C(=O)c2ccccc2)C1. The van der Waals surface area contributed by atoms with E-state index in [1.807, 2.05) is 42.2 Å². The summed E-state index contributed by atoms with van der Waals surface area (Å²) in [5.41, 5.74) is 0.752. The summed E-state index contributed by atoms with van der Waals surface area (Å²) in [6.45, 7) is 5.41. The van der Waals surface area contributed by atoms with Crippen molar-refractivity contribution in [2.75, 3.05) is 32.9 Å². The first kappa shape index (κ1) is 15.0. The number of hydrogen-bond acceptors (Lipinski definition) is 3. The second-order valence-corrected chi connectivity index (χ2v) is 4.95. The van der Waals surface area contributed by atoms with Crippen LogP contribution in [0.25, 0.3) is 0 Å². The van der Waals surface area contributed by atoms with Gasteiger partial charge in [-0.15, -0.1) is 0 Å². The molecule has 1 heterocycles. The molecule has 0 aliphatic carbocycles. The van der Waals surface area contributed by atoms with E-state index in [1.165, 1.54) is 0 Å². The first-order chi connectivity index (χ1) is 9.81. The summed E-state index contributed by atoms with van der Waals surface area (Å²) in [6, 6.07) is 9.44. The quantitative estimate of drug-likeness (QED) is 0.749. The van der Waals surface area contributed by atoms with E-state index in [2.05, 4.69) is 0 Å². The number of rotatable bonds is 6. The Balaban J connectivity index is 1.82. The van der Waals surface area contributed by atoms with E-state index in [9.17, 15) is 4.79 Å². The van der Waals surface area contributed by atoms with Gasteiger partial charge in [-0.1, -0.05) is 18.2 Å². The molecular formula is C16H23NO3. The zero-order valence-electron chi connectivity index (χ0n) is 12.1. The molecule has 0 unspecified atom stereocenters. The Morgan fingerprint density at radius 2 is 2.10 bits per heavy atom. The highest BCUT2D eigenvalue weighted by molar-refractivity contribution is 5.94. The molecule has 1 aromatic rings. The van der Waals surface area contributed by atoms with Crippen molar-refractivity contribution in [2.45, 2.75) is 25.9 Å². The Labute approximate surface area is 120 Å². The molecule has 0 saturated carbocycles. The molecule has 0 radical (unpaired) electrons. The topological polar surface area (TPSA) is 38.8 Å². The minimum Gasteiger partial charge on any atom is -0.379 e. The summed E-state index contributed by atoms with van der Waals surface area (Å²) >= 11 is 0. The Bertz CT molecular complexity index is 407.